The van der Waals surface area contributed by atoms with Crippen molar-refractivity contribution in [2.45, 2.75) is 39.2 Å². The van der Waals surface area contributed by atoms with E-state index in [1.54, 1.807) is 0 Å². The van der Waals surface area contributed by atoms with Gasteiger partial charge in [0, 0.05) is 22.4 Å². The summed E-state index contributed by atoms with van der Waals surface area (Å²) in [5.41, 5.74) is 7.14. The zero-order valence-corrected chi connectivity index (χ0v) is 11.0. The Morgan fingerprint density at radius 1 is 1.40 bits per heavy atom. The number of hydrogen-bond donors (Lipinski definition) is 1. The number of nitrogens with zero attached hydrogens (tertiary/aromatic N) is 1. The number of rotatable bonds is 5. The SMILES string of the molecule is CC(C)CC(N)CCc1ccc(Br)cn1. The maximum Gasteiger partial charge on any atom is 0.0413 e. The second kappa shape index (κ2) is 6.23. The highest BCUT2D eigenvalue weighted by molar-refractivity contribution is 9.10. The Morgan fingerprint density at radius 2 is 2.13 bits per heavy atom. The number of aryl methyl sites for hydroxylation is 1. The van der Waals surface area contributed by atoms with Crippen LogP contribution in [0.4, 0.5) is 0 Å². The Labute approximate surface area is 100 Å². The topological polar surface area (TPSA) is 38.9 Å². The Kier molecular flexibility index (Phi) is 5.26. The molecule has 0 fully saturated rings. The summed E-state index contributed by atoms with van der Waals surface area (Å²) in [6.45, 7) is 4.41. The molecule has 0 spiro atoms. The highest BCUT2D eigenvalue weighted by Crippen LogP contribution is 2.11. The molecule has 0 radical (unpaired) electrons. The number of pyridine rings is 1. The number of hydrogen-bond acceptors (Lipinski definition) is 2. The standard InChI is InChI=1S/C12H19BrN2/c1-9(2)7-11(14)4-6-12-5-3-10(13)8-15-12/h3,5,8-9,11H,4,6-7,14H2,1-2H3. The molecule has 0 aliphatic heterocycles. The van der Waals surface area contributed by atoms with E-state index in [-0.39, 0.29) is 0 Å². The summed E-state index contributed by atoms with van der Waals surface area (Å²) >= 11 is 3.37. The van der Waals surface area contributed by atoms with Gasteiger partial charge in [0.05, 0.1) is 0 Å². The fourth-order valence-electron chi connectivity index (χ4n) is 1.61. The van der Waals surface area contributed by atoms with Gasteiger partial charge in [0.2, 0.25) is 0 Å². The summed E-state index contributed by atoms with van der Waals surface area (Å²) in [7, 11) is 0. The summed E-state index contributed by atoms with van der Waals surface area (Å²) in [5, 5.41) is 0. The van der Waals surface area contributed by atoms with Crippen LogP contribution in [0.2, 0.25) is 0 Å². The molecule has 0 aromatic carbocycles. The Bertz CT molecular complexity index is 282. The van der Waals surface area contributed by atoms with Gasteiger partial charge in [-0.15, -0.1) is 0 Å². The molecule has 15 heavy (non-hydrogen) atoms. The molecular weight excluding hydrogens is 252 g/mol. The van der Waals surface area contributed by atoms with Crippen LogP contribution in [0.15, 0.2) is 22.8 Å². The van der Waals surface area contributed by atoms with Gasteiger partial charge in [0.15, 0.2) is 0 Å². The molecule has 1 aromatic heterocycles. The summed E-state index contributed by atoms with van der Waals surface area (Å²) < 4.78 is 1.03. The maximum atomic E-state index is 6.02. The Balaban J connectivity index is 2.33. The van der Waals surface area contributed by atoms with E-state index in [4.69, 9.17) is 5.73 Å². The summed E-state index contributed by atoms with van der Waals surface area (Å²) in [4.78, 5) is 4.33. The minimum atomic E-state index is 0.301. The van der Waals surface area contributed by atoms with Crippen molar-refractivity contribution in [3.63, 3.8) is 0 Å². The van der Waals surface area contributed by atoms with Crippen molar-refractivity contribution in [3.05, 3.63) is 28.5 Å². The number of halogens is 1. The lowest BCUT2D eigenvalue weighted by atomic mass is 10.00. The molecule has 1 heterocycles. The van der Waals surface area contributed by atoms with Crippen molar-refractivity contribution in [2.75, 3.05) is 0 Å². The molecule has 0 saturated carbocycles. The van der Waals surface area contributed by atoms with Crippen LogP contribution in [0.5, 0.6) is 0 Å². The van der Waals surface area contributed by atoms with Crippen LogP contribution < -0.4 is 5.73 Å². The van der Waals surface area contributed by atoms with Crippen LogP contribution >= 0.6 is 15.9 Å². The molecule has 0 saturated heterocycles. The minimum Gasteiger partial charge on any atom is -0.328 e. The highest BCUT2D eigenvalue weighted by atomic mass is 79.9. The summed E-state index contributed by atoms with van der Waals surface area (Å²) in [6, 6.07) is 4.37. The van der Waals surface area contributed by atoms with Gasteiger partial charge in [-0.3, -0.25) is 4.98 Å². The van der Waals surface area contributed by atoms with E-state index < -0.39 is 0 Å². The van der Waals surface area contributed by atoms with Crippen molar-refractivity contribution in [3.8, 4) is 0 Å². The average Bonchev–Trinajstić information content (AvgIpc) is 2.16. The summed E-state index contributed by atoms with van der Waals surface area (Å²) in [5.74, 6) is 0.679. The van der Waals surface area contributed by atoms with Gasteiger partial charge < -0.3 is 5.73 Å². The summed E-state index contributed by atoms with van der Waals surface area (Å²) in [6.07, 6.45) is 4.92. The normalized spacial score (nSPS) is 13.1. The first-order valence-corrected chi connectivity index (χ1v) is 6.23. The second-order valence-corrected chi connectivity index (χ2v) is 5.31. The van der Waals surface area contributed by atoms with Crippen molar-refractivity contribution >= 4 is 15.9 Å². The molecule has 0 bridgehead atoms. The molecule has 0 amide bonds. The molecule has 0 aliphatic rings. The first kappa shape index (κ1) is 12.7. The van der Waals surface area contributed by atoms with E-state index in [0.29, 0.717) is 12.0 Å². The minimum absolute atomic E-state index is 0.301. The first-order valence-electron chi connectivity index (χ1n) is 5.44. The van der Waals surface area contributed by atoms with Gasteiger partial charge in [-0.05, 0) is 53.2 Å². The predicted octanol–water partition coefficient (Wildman–Crippen LogP) is 3.15. The van der Waals surface area contributed by atoms with Gasteiger partial charge in [-0.1, -0.05) is 13.8 Å². The Morgan fingerprint density at radius 3 is 2.67 bits per heavy atom. The van der Waals surface area contributed by atoms with Gasteiger partial charge in [-0.25, -0.2) is 0 Å². The van der Waals surface area contributed by atoms with E-state index >= 15 is 0 Å². The molecule has 2 nitrogen and oxygen atoms in total. The van der Waals surface area contributed by atoms with Crippen molar-refractivity contribution < 1.29 is 0 Å². The molecular formula is C12H19BrN2. The first-order chi connectivity index (χ1) is 7.08. The average molecular weight is 271 g/mol. The van der Waals surface area contributed by atoms with Crippen molar-refractivity contribution in [2.24, 2.45) is 11.7 Å². The third kappa shape index (κ3) is 5.28. The van der Waals surface area contributed by atoms with E-state index in [1.165, 1.54) is 0 Å². The predicted molar refractivity (Wildman–Crippen MR) is 67.7 cm³/mol. The molecule has 0 aliphatic carbocycles. The van der Waals surface area contributed by atoms with Crippen LogP contribution in [0.3, 0.4) is 0 Å². The molecule has 1 atom stereocenters. The Hall–Kier alpha value is -0.410. The van der Waals surface area contributed by atoms with Crippen LogP contribution in [-0.4, -0.2) is 11.0 Å². The zero-order chi connectivity index (χ0) is 11.3. The van der Waals surface area contributed by atoms with Crippen LogP contribution in [-0.2, 0) is 6.42 Å². The van der Waals surface area contributed by atoms with Gasteiger partial charge in [0.25, 0.3) is 0 Å². The van der Waals surface area contributed by atoms with E-state index in [2.05, 4.69) is 34.8 Å². The second-order valence-electron chi connectivity index (χ2n) is 4.40. The molecule has 3 heteroatoms. The zero-order valence-electron chi connectivity index (χ0n) is 9.41. The number of nitrogens with two attached hydrogens (primary N) is 1. The maximum absolute atomic E-state index is 6.02. The fraction of sp³-hybridized carbons (Fsp3) is 0.583. The number of aromatic nitrogens is 1. The lowest BCUT2D eigenvalue weighted by molar-refractivity contribution is 0.472. The monoisotopic (exact) mass is 270 g/mol. The third-order valence-corrected chi connectivity index (χ3v) is 2.80. The molecule has 1 rings (SSSR count). The molecule has 1 aromatic rings. The quantitative estimate of drug-likeness (QED) is 0.893. The van der Waals surface area contributed by atoms with Gasteiger partial charge >= 0.3 is 0 Å². The van der Waals surface area contributed by atoms with Crippen LogP contribution in [0.25, 0.3) is 0 Å². The lowest BCUT2D eigenvalue weighted by Gasteiger charge is -2.13. The highest BCUT2D eigenvalue weighted by Gasteiger charge is 2.06. The van der Waals surface area contributed by atoms with Crippen molar-refractivity contribution in [1.29, 1.82) is 0 Å². The molecule has 1 unspecified atom stereocenters. The van der Waals surface area contributed by atoms with E-state index in [0.717, 1.165) is 29.4 Å². The van der Waals surface area contributed by atoms with Crippen LogP contribution in [0.1, 0.15) is 32.4 Å². The molecule has 2 N–H and O–H groups in total. The van der Waals surface area contributed by atoms with Gasteiger partial charge in [-0.2, -0.15) is 0 Å². The van der Waals surface area contributed by atoms with Crippen molar-refractivity contribution in [1.82, 2.24) is 4.98 Å². The van der Waals surface area contributed by atoms with Gasteiger partial charge in [0.1, 0.15) is 0 Å². The van der Waals surface area contributed by atoms with E-state index in [9.17, 15) is 0 Å². The third-order valence-electron chi connectivity index (χ3n) is 2.33. The fourth-order valence-corrected chi connectivity index (χ4v) is 1.85. The smallest absolute Gasteiger partial charge is 0.0413 e. The molecule has 84 valence electrons. The largest absolute Gasteiger partial charge is 0.328 e. The van der Waals surface area contributed by atoms with E-state index in [1.807, 2.05) is 18.3 Å². The lowest BCUT2D eigenvalue weighted by Crippen LogP contribution is -2.22. The van der Waals surface area contributed by atoms with Crippen LogP contribution in [0, 0.1) is 5.92 Å².